The molecule has 0 aliphatic heterocycles. The average Bonchev–Trinajstić information content (AvgIpc) is 2.57. The molecule has 0 atom stereocenters. The van der Waals surface area contributed by atoms with E-state index in [-0.39, 0.29) is 21.8 Å². The summed E-state index contributed by atoms with van der Waals surface area (Å²) in [4.78, 5) is 0. The maximum atomic E-state index is 4.48. The van der Waals surface area contributed by atoms with E-state index in [2.05, 4.69) is 90.4 Å². The highest BCUT2D eigenvalue weighted by Gasteiger charge is 2.33. The summed E-state index contributed by atoms with van der Waals surface area (Å²) in [5.74, 6) is 0. The second-order valence-electron chi connectivity index (χ2n) is 10.2. The molecule has 0 aromatic carbocycles. The lowest BCUT2D eigenvalue weighted by Crippen LogP contribution is -2.32. The number of rotatable bonds is 4. The second-order valence-corrected chi connectivity index (χ2v) is 10.2. The first-order valence-electron chi connectivity index (χ1n) is 8.06. The molecule has 0 N–H and O–H groups in total. The molecule has 1 aromatic heterocycles. The monoisotopic (exact) mass is 293 g/mol. The van der Waals surface area contributed by atoms with Gasteiger partial charge in [-0.1, -0.05) is 60.6 Å². The number of aromatic nitrogens is 3. The van der Waals surface area contributed by atoms with Crippen molar-refractivity contribution in [2.75, 3.05) is 0 Å². The van der Waals surface area contributed by atoms with Crippen LogP contribution in [0.25, 0.3) is 0 Å². The van der Waals surface area contributed by atoms with Crippen molar-refractivity contribution in [1.29, 1.82) is 0 Å². The van der Waals surface area contributed by atoms with Gasteiger partial charge in [-0.15, -0.1) is 5.10 Å². The van der Waals surface area contributed by atoms with Gasteiger partial charge >= 0.3 is 0 Å². The van der Waals surface area contributed by atoms with Crippen molar-refractivity contribution in [3.8, 4) is 0 Å². The molecule has 3 heteroatoms. The van der Waals surface area contributed by atoms with E-state index in [1.807, 2.05) is 0 Å². The molecular formula is C18H35N3. The lowest BCUT2D eigenvalue weighted by atomic mass is 9.74. The normalized spacial score (nSPS) is 14.6. The van der Waals surface area contributed by atoms with Crippen molar-refractivity contribution in [3.05, 3.63) is 11.9 Å². The Morgan fingerprint density at radius 3 is 1.71 bits per heavy atom. The Balaban J connectivity index is 3.00. The molecule has 1 heterocycles. The summed E-state index contributed by atoms with van der Waals surface area (Å²) in [6.07, 6.45) is 4.32. The molecule has 1 rings (SSSR count). The third kappa shape index (κ3) is 5.44. The van der Waals surface area contributed by atoms with Crippen molar-refractivity contribution >= 4 is 0 Å². The highest BCUT2D eigenvalue weighted by atomic mass is 15.4. The summed E-state index contributed by atoms with van der Waals surface area (Å²) in [6.45, 7) is 22.7. The van der Waals surface area contributed by atoms with Gasteiger partial charge in [-0.2, -0.15) is 0 Å². The average molecular weight is 293 g/mol. The third-order valence-corrected chi connectivity index (χ3v) is 3.74. The minimum absolute atomic E-state index is 0.0126. The van der Waals surface area contributed by atoms with Crippen LogP contribution in [0.5, 0.6) is 0 Å². The molecule has 0 spiro atoms. The van der Waals surface area contributed by atoms with E-state index in [0.717, 1.165) is 18.5 Å². The maximum absolute atomic E-state index is 4.48. The quantitative estimate of drug-likeness (QED) is 0.767. The van der Waals surface area contributed by atoms with Crippen LogP contribution in [0.1, 0.15) is 87.8 Å². The van der Waals surface area contributed by atoms with Gasteiger partial charge in [0.25, 0.3) is 0 Å². The van der Waals surface area contributed by atoms with E-state index in [1.54, 1.807) is 0 Å². The molecule has 0 saturated heterocycles. The maximum Gasteiger partial charge on any atom is 0.0883 e. The molecule has 21 heavy (non-hydrogen) atoms. The summed E-state index contributed by atoms with van der Waals surface area (Å²) >= 11 is 0. The van der Waals surface area contributed by atoms with Crippen LogP contribution in [0.15, 0.2) is 6.20 Å². The van der Waals surface area contributed by atoms with E-state index < -0.39 is 0 Å². The van der Waals surface area contributed by atoms with Crippen molar-refractivity contribution in [1.82, 2.24) is 15.0 Å². The van der Waals surface area contributed by atoms with E-state index in [9.17, 15) is 0 Å². The third-order valence-electron chi connectivity index (χ3n) is 3.74. The Kier molecular flexibility index (Phi) is 4.68. The standard InChI is InChI=1S/C18H35N3/c1-15(2,3)12-17(7,8)14-11-21(20-19-14)18(9,10)13-16(4,5)6/h11H,12-13H2,1-10H3. The van der Waals surface area contributed by atoms with Crippen LogP contribution < -0.4 is 0 Å². The van der Waals surface area contributed by atoms with Crippen LogP contribution in [0.3, 0.4) is 0 Å². The molecule has 0 bridgehead atoms. The Morgan fingerprint density at radius 2 is 1.29 bits per heavy atom. The first-order valence-corrected chi connectivity index (χ1v) is 8.06. The fourth-order valence-electron chi connectivity index (χ4n) is 3.66. The zero-order valence-corrected chi connectivity index (χ0v) is 15.8. The van der Waals surface area contributed by atoms with E-state index in [0.29, 0.717) is 0 Å². The van der Waals surface area contributed by atoms with Crippen LogP contribution >= 0.6 is 0 Å². The first-order chi connectivity index (χ1) is 9.12. The lowest BCUT2D eigenvalue weighted by molar-refractivity contribution is 0.195. The Hall–Kier alpha value is -0.860. The molecule has 3 nitrogen and oxygen atoms in total. The van der Waals surface area contributed by atoms with E-state index in [1.165, 1.54) is 0 Å². The van der Waals surface area contributed by atoms with Crippen molar-refractivity contribution in [2.45, 2.75) is 93.0 Å². The Morgan fingerprint density at radius 1 is 0.810 bits per heavy atom. The van der Waals surface area contributed by atoms with Crippen molar-refractivity contribution in [2.24, 2.45) is 10.8 Å². The molecule has 1 aromatic rings. The molecule has 0 fully saturated rings. The van der Waals surface area contributed by atoms with Crippen LogP contribution in [0.4, 0.5) is 0 Å². The minimum atomic E-state index is -0.0126. The van der Waals surface area contributed by atoms with Crippen LogP contribution in [-0.2, 0) is 11.0 Å². The van der Waals surface area contributed by atoms with E-state index >= 15 is 0 Å². The fourth-order valence-corrected chi connectivity index (χ4v) is 3.66. The number of hydrogen-bond donors (Lipinski definition) is 0. The highest BCUT2D eigenvalue weighted by Crippen LogP contribution is 2.36. The smallest absolute Gasteiger partial charge is 0.0883 e. The number of hydrogen-bond acceptors (Lipinski definition) is 2. The zero-order valence-electron chi connectivity index (χ0n) is 15.8. The van der Waals surface area contributed by atoms with Crippen LogP contribution in [-0.4, -0.2) is 15.0 Å². The predicted molar refractivity (Wildman–Crippen MR) is 90.5 cm³/mol. The molecule has 0 radical (unpaired) electrons. The molecule has 122 valence electrons. The molecule has 0 aliphatic carbocycles. The summed E-state index contributed by atoms with van der Waals surface area (Å²) in [6, 6.07) is 0. The number of nitrogens with zero attached hydrogens (tertiary/aromatic N) is 3. The van der Waals surface area contributed by atoms with E-state index in [4.69, 9.17) is 0 Å². The molecule has 0 saturated carbocycles. The highest BCUT2D eigenvalue weighted by molar-refractivity contribution is 5.10. The van der Waals surface area contributed by atoms with Gasteiger partial charge in [0, 0.05) is 11.6 Å². The van der Waals surface area contributed by atoms with Gasteiger partial charge in [0.15, 0.2) is 0 Å². The van der Waals surface area contributed by atoms with Gasteiger partial charge in [0.2, 0.25) is 0 Å². The molecule has 0 unspecified atom stereocenters. The summed E-state index contributed by atoms with van der Waals surface area (Å²) < 4.78 is 2.05. The lowest BCUT2D eigenvalue weighted by Gasteiger charge is -2.33. The molecular weight excluding hydrogens is 258 g/mol. The Bertz CT molecular complexity index is 425. The van der Waals surface area contributed by atoms with Gasteiger partial charge in [0.1, 0.15) is 0 Å². The fraction of sp³-hybridized carbons (Fsp3) is 0.889. The first kappa shape index (κ1) is 18.2. The zero-order chi connectivity index (χ0) is 16.7. The second kappa shape index (κ2) is 5.40. The topological polar surface area (TPSA) is 30.7 Å². The summed E-state index contributed by atoms with van der Waals surface area (Å²) in [5.41, 5.74) is 1.69. The van der Waals surface area contributed by atoms with Crippen molar-refractivity contribution in [3.63, 3.8) is 0 Å². The van der Waals surface area contributed by atoms with Crippen LogP contribution in [0, 0.1) is 10.8 Å². The van der Waals surface area contributed by atoms with Gasteiger partial charge in [-0.25, -0.2) is 4.68 Å². The van der Waals surface area contributed by atoms with Gasteiger partial charge in [0.05, 0.1) is 11.2 Å². The minimum Gasteiger partial charge on any atom is -0.247 e. The van der Waals surface area contributed by atoms with Gasteiger partial charge in [-0.3, -0.25) is 0 Å². The Labute approximate surface area is 131 Å². The molecule has 0 aliphatic rings. The summed E-state index contributed by atoms with van der Waals surface area (Å²) in [7, 11) is 0. The predicted octanol–water partition coefficient (Wildman–Crippen LogP) is 5.16. The van der Waals surface area contributed by atoms with Crippen molar-refractivity contribution < 1.29 is 0 Å². The summed E-state index contributed by atoms with van der Waals surface area (Å²) in [5, 5.41) is 8.92. The molecule has 0 amide bonds. The SMILES string of the molecule is CC(C)(C)CC(C)(C)c1cn(C(C)(C)CC(C)(C)C)nn1. The largest absolute Gasteiger partial charge is 0.247 e. The van der Waals surface area contributed by atoms with Gasteiger partial charge < -0.3 is 0 Å². The van der Waals surface area contributed by atoms with Crippen LogP contribution in [0.2, 0.25) is 0 Å². The van der Waals surface area contributed by atoms with Gasteiger partial charge in [-0.05, 0) is 37.5 Å².